The van der Waals surface area contributed by atoms with Gasteiger partial charge in [0.05, 0.1) is 6.08 Å². The monoisotopic (exact) mass is 558 g/mol. The number of alkyl halides is 19. The molecule has 0 fully saturated rings. The Morgan fingerprint density at radius 1 is 0.471 bits per heavy atom. The minimum absolute atomic E-state index is 1.76. The first-order chi connectivity index (χ1) is 14.3. The lowest BCUT2D eigenvalue weighted by Crippen LogP contribution is -2.75. The lowest BCUT2D eigenvalue weighted by molar-refractivity contribution is -0.467. The van der Waals surface area contributed by atoms with Gasteiger partial charge in [-0.2, -0.15) is 83.4 Å². The number of rotatable bonds is 9. The van der Waals surface area contributed by atoms with Crippen LogP contribution in [0, 0.1) is 0 Å². The number of hydrogen-bond donors (Lipinski definition) is 1. The van der Waals surface area contributed by atoms with Crippen molar-refractivity contribution >= 4 is 5.97 Å². The highest BCUT2D eigenvalue weighted by atomic mass is 19.4. The summed E-state index contributed by atoms with van der Waals surface area (Å²) in [4.78, 5) is 9.91. The molecule has 2 nitrogen and oxygen atoms in total. The zero-order valence-electron chi connectivity index (χ0n) is 14.5. The van der Waals surface area contributed by atoms with Gasteiger partial charge in [0.2, 0.25) is 0 Å². The third-order valence-corrected chi connectivity index (χ3v) is 3.67. The maximum atomic E-state index is 13.3. The molecule has 0 heterocycles. The molecule has 0 saturated heterocycles. The van der Waals surface area contributed by atoms with E-state index in [0.717, 1.165) is 0 Å². The third kappa shape index (κ3) is 3.88. The fourth-order valence-corrected chi connectivity index (χ4v) is 1.71. The second kappa shape index (κ2) is 7.92. The molecule has 0 aromatic heterocycles. The molecule has 0 aromatic rings. The van der Waals surface area contributed by atoms with Crippen molar-refractivity contribution in [3.05, 3.63) is 11.9 Å². The number of hydrogen-bond acceptors (Lipinski definition) is 1. The molecule has 0 unspecified atom stereocenters. The highest BCUT2D eigenvalue weighted by molar-refractivity contribution is 5.80. The van der Waals surface area contributed by atoms with Crippen molar-refractivity contribution in [1.82, 2.24) is 0 Å². The van der Waals surface area contributed by atoms with Gasteiger partial charge in [0.25, 0.3) is 0 Å². The molecule has 0 aromatic carbocycles. The van der Waals surface area contributed by atoms with Crippen LogP contribution >= 0.6 is 0 Å². The van der Waals surface area contributed by atoms with Crippen LogP contribution in [0.25, 0.3) is 0 Å². The second-order valence-electron chi connectivity index (χ2n) is 5.92. The van der Waals surface area contributed by atoms with E-state index < -0.39 is 71.4 Å². The lowest BCUT2D eigenvalue weighted by atomic mass is 9.87. The maximum Gasteiger partial charge on any atom is 0.460 e. The molecule has 0 bridgehead atoms. The van der Waals surface area contributed by atoms with Crippen molar-refractivity contribution < 1.29 is 97.7 Å². The van der Waals surface area contributed by atoms with E-state index in [1.807, 2.05) is 0 Å². The Morgan fingerprint density at radius 2 is 0.706 bits per heavy atom. The predicted octanol–water partition coefficient (Wildman–Crippen LogP) is 6.57. The molecule has 0 aliphatic rings. The molecule has 1 N–H and O–H groups in total. The van der Waals surface area contributed by atoms with E-state index in [1.54, 1.807) is 0 Å². The summed E-state index contributed by atoms with van der Waals surface area (Å²) in [6.07, 6.45) is -9.75. The van der Waals surface area contributed by atoms with Crippen molar-refractivity contribution in [1.29, 1.82) is 0 Å². The van der Waals surface area contributed by atoms with Crippen LogP contribution in [0.4, 0.5) is 87.8 Å². The van der Waals surface area contributed by atoms with Gasteiger partial charge in [-0.25, -0.2) is 9.18 Å². The van der Waals surface area contributed by atoms with Crippen LogP contribution in [-0.4, -0.2) is 64.6 Å². The van der Waals surface area contributed by atoms with E-state index in [1.165, 1.54) is 0 Å². The van der Waals surface area contributed by atoms with E-state index in [2.05, 4.69) is 0 Å². The summed E-state index contributed by atoms with van der Waals surface area (Å²) in [5.41, 5.74) is 0. The van der Waals surface area contributed by atoms with Crippen LogP contribution in [0.2, 0.25) is 0 Å². The first kappa shape index (κ1) is 31.8. The number of carbonyl (C=O) groups is 1. The highest BCUT2D eigenvalue weighted by Gasteiger charge is 2.96. The molecule has 0 spiro atoms. The van der Waals surface area contributed by atoms with Gasteiger partial charge in [-0.3, -0.25) is 0 Å². The fourth-order valence-electron chi connectivity index (χ4n) is 1.71. The molecule has 22 heteroatoms. The average Bonchev–Trinajstić information content (AvgIpc) is 2.58. The van der Waals surface area contributed by atoms with Gasteiger partial charge < -0.3 is 5.11 Å². The minimum atomic E-state index is -9.13. The number of carboxylic acids is 1. The average molecular weight is 558 g/mol. The number of aliphatic carboxylic acids is 1. The number of carboxylic acid groups (broad SMARTS) is 1. The Hall–Kier alpha value is -2.19. The van der Waals surface area contributed by atoms with Gasteiger partial charge in [0.15, 0.2) is 5.83 Å². The van der Waals surface area contributed by atoms with Gasteiger partial charge in [0.1, 0.15) is 0 Å². The number of halogens is 20. The van der Waals surface area contributed by atoms with Crippen molar-refractivity contribution in [2.45, 2.75) is 53.6 Å². The predicted molar refractivity (Wildman–Crippen MR) is 62.5 cm³/mol. The Kier molecular flexibility index (Phi) is 7.41. The summed E-state index contributed by atoms with van der Waals surface area (Å²) in [5, 5.41) is 7.85. The van der Waals surface area contributed by atoms with E-state index in [9.17, 15) is 92.6 Å². The van der Waals surface area contributed by atoms with Crippen LogP contribution in [0.5, 0.6) is 0 Å². The molecular weight excluding hydrogens is 556 g/mol. The van der Waals surface area contributed by atoms with E-state index >= 15 is 0 Å². The topological polar surface area (TPSA) is 37.3 Å². The van der Waals surface area contributed by atoms with Crippen molar-refractivity contribution in [3.63, 3.8) is 0 Å². The van der Waals surface area contributed by atoms with Crippen molar-refractivity contribution in [2.24, 2.45) is 0 Å². The standard InChI is InChI=1S/C12H2F20O2/c13-2(1-3(33)34)4(14,15)5(16,17)6(18,19)7(20,21)8(22,23)9(24,25)10(26,27)11(28,29)12(30,31)32/h1H,(H,33,34). The summed E-state index contributed by atoms with van der Waals surface area (Å²) in [6.45, 7) is 0. The molecule has 202 valence electrons. The zero-order valence-corrected chi connectivity index (χ0v) is 14.5. The first-order valence-corrected chi connectivity index (χ1v) is 7.03. The molecule has 0 aliphatic carbocycles. The second-order valence-corrected chi connectivity index (χ2v) is 5.92. The van der Waals surface area contributed by atoms with Gasteiger partial charge in [0, 0.05) is 0 Å². The largest absolute Gasteiger partial charge is 0.478 e. The Balaban J connectivity index is 7.04. The molecule has 34 heavy (non-hydrogen) atoms. The zero-order chi connectivity index (χ0) is 28.4. The molecule has 0 amide bonds. The number of allylic oxidation sites excluding steroid dienone is 1. The summed E-state index contributed by atoms with van der Waals surface area (Å²) in [7, 11) is 0. The van der Waals surface area contributed by atoms with Crippen LogP contribution in [0.3, 0.4) is 0 Å². The third-order valence-electron chi connectivity index (χ3n) is 3.67. The molecule has 0 rings (SSSR count). The van der Waals surface area contributed by atoms with Gasteiger partial charge in [-0.15, -0.1) is 0 Å². The van der Waals surface area contributed by atoms with Crippen molar-refractivity contribution in [3.8, 4) is 0 Å². The molecular formula is C12H2F20O2. The van der Waals surface area contributed by atoms with Crippen molar-refractivity contribution in [2.75, 3.05) is 0 Å². The Morgan fingerprint density at radius 3 is 0.941 bits per heavy atom. The Bertz CT molecular complexity index is 818. The van der Waals surface area contributed by atoms with Gasteiger partial charge >= 0.3 is 59.5 Å². The summed E-state index contributed by atoms with van der Waals surface area (Å²) < 4.78 is 258. The van der Waals surface area contributed by atoms with Crippen LogP contribution < -0.4 is 0 Å². The summed E-state index contributed by atoms with van der Waals surface area (Å²) >= 11 is 0. The molecule has 0 atom stereocenters. The van der Waals surface area contributed by atoms with E-state index in [-0.39, 0.29) is 0 Å². The van der Waals surface area contributed by atoms with Crippen LogP contribution in [-0.2, 0) is 4.79 Å². The fraction of sp³-hybridized carbons (Fsp3) is 0.750. The first-order valence-electron chi connectivity index (χ1n) is 7.03. The smallest absolute Gasteiger partial charge is 0.460 e. The van der Waals surface area contributed by atoms with Crippen LogP contribution in [0.1, 0.15) is 0 Å². The minimum Gasteiger partial charge on any atom is -0.478 e. The van der Waals surface area contributed by atoms with Gasteiger partial charge in [-0.1, -0.05) is 0 Å². The van der Waals surface area contributed by atoms with E-state index in [4.69, 9.17) is 5.11 Å². The van der Waals surface area contributed by atoms with E-state index in [0.29, 0.717) is 0 Å². The highest BCUT2D eigenvalue weighted by Crippen LogP contribution is 2.65. The maximum absolute atomic E-state index is 13.3. The Labute approximate surface area is 170 Å². The SMILES string of the molecule is O=C(O)C=C(F)C(F)(F)C(F)(F)C(F)(F)C(F)(F)C(F)(F)C(F)(F)C(F)(F)C(F)(F)C(F)(F)F. The summed E-state index contributed by atoms with van der Waals surface area (Å²) in [5.74, 6) is -76.8. The van der Waals surface area contributed by atoms with Crippen LogP contribution in [0.15, 0.2) is 11.9 Å². The normalized spacial score (nSPS) is 16.6. The quantitative estimate of drug-likeness (QED) is 0.257. The molecule has 0 radical (unpaired) electrons. The summed E-state index contributed by atoms with van der Waals surface area (Å²) in [6, 6.07) is 0. The molecule has 0 saturated carbocycles. The molecule has 0 aliphatic heterocycles. The lowest BCUT2D eigenvalue weighted by Gasteiger charge is -2.43. The van der Waals surface area contributed by atoms with Gasteiger partial charge in [-0.05, 0) is 0 Å².